The average Bonchev–Trinajstić information content (AvgIpc) is 2.45. The second-order valence-corrected chi connectivity index (χ2v) is 6.21. The molecule has 0 saturated heterocycles. The standard InChI is InChI=1S/C17H20BrFN2/c1-12(2)20-11-13-4-9-17(16(18)10-13)21(3)15-7-5-14(19)6-8-15/h4-10,12,20H,11H2,1-3H3. The first-order valence-electron chi connectivity index (χ1n) is 6.98. The van der Waals surface area contributed by atoms with Crippen LogP contribution in [0.5, 0.6) is 0 Å². The fraction of sp³-hybridized carbons (Fsp3) is 0.294. The second kappa shape index (κ2) is 7.05. The summed E-state index contributed by atoms with van der Waals surface area (Å²) in [5.74, 6) is -0.221. The molecule has 0 bridgehead atoms. The number of hydrogen-bond donors (Lipinski definition) is 1. The van der Waals surface area contributed by atoms with Crippen LogP contribution in [0, 0.1) is 5.82 Å². The molecule has 112 valence electrons. The highest BCUT2D eigenvalue weighted by atomic mass is 79.9. The summed E-state index contributed by atoms with van der Waals surface area (Å²) in [4.78, 5) is 2.03. The zero-order chi connectivity index (χ0) is 15.4. The highest BCUT2D eigenvalue weighted by Crippen LogP contribution is 2.31. The largest absolute Gasteiger partial charge is 0.344 e. The van der Waals surface area contributed by atoms with E-state index in [1.807, 2.05) is 11.9 Å². The predicted molar refractivity (Wildman–Crippen MR) is 90.6 cm³/mol. The summed E-state index contributed by atoms with van der Waals surface area (Å²) in [7, 11) is 1.97. The van der Waals surface area contributed by atoms with E-state index in [2.05, 4.69) is 53.3 Å². The maximum absolute atomic E-state index is 13.0. The van der Waals surface area contributed by atoms with Crippen molar-refractivity contribution in [2.45, 2.75) is 26.4 Å². The fourth-order valence-electron chi connectivity index (χ4n) is 2.06. The van der Waals surface area contributed by atoms with Gasteiger partial charge in [-0.3, -0.25) is 0 Å². The Morgan fingerprint density at radius 1 is 1.14 bits per heavy atom. The van der Waals surface area contributed by atoms with Crippen molar-refractivity contribution in [1.29, 1.82) is 0 Å². The van der Waals surface area contributed by atoms with Gasteiger partial charge >= 0.3 is 0 Å². The van der Waals surface area contributed by atoms with Crippen LogP contribution in [0.25, 0.3) is 0 Å². The summed E-state index contributed by atoms with van der Waals surface area (Å²) in [5, 5.41) is 3.40. The molecule has 0 unspecified atom stereocenters. The monoisotopic (exact) mass is 350 g/mol. The summed E-state index contributed by atoms with van der Waals surface area (Å²) >= 11 is 3.62. The Hall–Kier alpha value is -1.39. The second-order valence-electron chi connectivity index (χ2n) is 5.36. The number of rotatable bonds is 5. The molecule has 0 saturated carbocycles. The molecule has 0 aromatic heterocycles. The molecule has 0 amide bonds. The van der Waals surface area contributed by atoms with E-state index in [0.29, 0.717) is 6.04 Å². The minimum atomic E-state index is -0.221. The van der Waals surface area contributed by atoms with Crippen molar-refractivity contribution in [3.8, 4) is 0 Å². The lowest BCUT2D eigenvalue weighted by Crippen LogP contribution is -2.21. The molecular weight excluding hydrogens is 331 g/mol. The third-order valence-corrected chi connectivity index (χ3v) is 3.94. The lowest BCUT2D eigenvalue weighted by molar-refractivity contribution is 0.589. The molecule has 21 heavy (non-hydrogen) atoms. The predicted octanol–water partition coefficient (Wildman–Crippen LogP) is 4.85. The Morgan fingerprint density at radius 2 is 1.81 bits per heavy atom. The normalized spacial score (nSPS) is 11.0. The van der Waals surface area contributed by atoms with E-state index < -0.39 is 0 Å². The van der Waals surface area contributed by atoms with E-state index >= 15 is 0 Å². The Kier molecular flexibility index (Phi) is 5.37. The minimum Gasteiger partial charge on any atom is -0.344 e. The zero-order valence-electron chi connectivity index (χ0n) is 12.5. The SMILES string of the molecule is CC(C)NCc1ccc(N(C)c2ccc(F)cc2)c(Br)c1. The lowest BCUT2D eigenvalue weighted by atomic mass is 10.1. The van der Waals surface area contributed by atoms with E-state index in [1.165, 1.54) is 17.7 Å². The Morgan fingerprint density at radius 3 is 2.38 bits per heavy atom. The zero-order valence-corrected chi connectivity index (χ0v) is 14.1. The van der Waals surface area contributed by atoms with Gasteiger partial charge in [0.05, 0.1) is 5.69 Å². The van der Waals surface area contributed by atoms with Crippen LogP contribution < -0.4 is 10.2 Å². The van der Waals surface area contributed by atoms with Crippen molar-refractivity contribution in [2.75, 3.05) is 11.9 Å². The molecule has 0 aliphatic rings. The highest BCUT2D eigenvalue weighted by Gasteiger charge is 2.09. The number of hydrogen-bond acceptors (Lipinski definition) is 2. The van der Waals surface area contributed by atoms with Crippen molar-refractivity contribution in [2.24, 2.45) is 0 Å². The van der Waals surface area contributed by atoms with Crippen molar-refractivity contribution in [3.63, 3.8) is 0 Å². The van der Waals surface area contributed by atoms with E-state index in [-0.39, 0.29) is 5.82 Å². The Bertz CT molecular complexity index is 596. The van der Waals surface area contributed by atoms with Gasteiger partial charge in [0.2, 0.25) is 0 Å². The topological polar surface area (TPSA) is 15.3 Å². The molecule has 0 atom stereocenters. The number of nitrogens with zero attached hydrogens (tertiary/aromatic N) is 1. The van der Waals surface area contributed by atoms with Gasteiger partial charge < -0.3 is 10.2 Å². The molecule has 0 heterocycles. The Labute approximate surface area is 134 Å². The van der Waals surface area contributed by atoms with Crippen LogP contribution in [-0.2, 0) is 6.54 Å². The van der Waals surface area contributed by atoms with Crippen LogP contribution in [0.3, 0.4) is 0 Å². The smallest absolute Gasteiger partial charge is 0.123 e. The van der Waals surface area contributed by atoms with Gasteiger partial charge in [0, 0.05) is 29.8 Å². The maximum Gasteiger partial charge on any atom is 0.123 e. The van der Waals surface area contributed by atoms with Crippen molar-refractivity contribution in [1.82, 2.24) is 5.32 Å². The van der Waals surface area contributed by atoms with Crippen LogP contribution in [0.4, 0.5) is 15.8 Å². The summed E-state index contributed by atoms with van der Waals surface area (Å²) in [6.45, 7) is 5.11. The third-order valence-electron chi connectivity index (χ3n) is 3.30. The number of benzene rings is 2. The van der Waals surface area contributed by atoms with E-state index in [1.54, 1.807) is 12.1 Å². The average molecular weight is 351 g/mol. The fourth-order valence-corrected chi connectivity index (χ4v) is 2.75. The van der Waals surface area contributed by atoms with Crippen molar-refractivity contribution in [3.05, 3.63) is 58.3 Å². The third kappa shape index (κ3) is 4.29. The summed E-state index contributed by atoms with van der Waals surface area (Å²) in [6.07, 6.45) is 0. The molecule has 2 aromatic rings. The summed E-state index contributed by atoms with van der Waals surface area (Å²) < 4.78 is 14.0. The number of anilines is 2. The van der Waals surface area contributed by atoms with Crippen LogP contribution in [-0.4, -0.2) is 13.1 Å². The molecule has 4 heteroatoms. The molecule has 1 N–H and O–H groups in total. The van der Waals surface area contributed by atoms with Crippen LogP contribution >= 0.6 is 15.9 Å². The van der Waals surface area contributed by atoms with Gasteiger partial charge in [0.15, 0.2) is 0 Å². The molecular formula is C17H20BrFN2. The van der Waals surface area contributed by atoms with E-state index in [4.69, 9.17) is 0 Å². The van der Waals surface area contributed by atoms with Crippen LogP contribution in [0.2, 0.25) is 0 Å². The molecule has 2 aromatic carbocycles. The summed E-state index contributed by atoms with van der Waals surface area (Å²) in [5.41, 5.74) is 3.23. The van der Waals surface area contributed by atoms with Gasteiger partial charge in [-0.25, -0.2) is 4.39 Å². The van der Waals surface area contributed by atoms with E-state index in [9.17, 15) is 4.39 Å². The quantitative estimate of drug-likeness (QED) is 0.828. The van der Waals surface area contributed by atoms with Crippen molar-refractivity contribution < 1.29 is 4.39 Å². The van der Waals surface area contributed by atoms with Crippen LogP contribution in [0.1, 0.15) is 19.4 Å². The lowest BCUT2D eigenvalue weighted by Gasteiger charge is -2.21. The minimum absolute atomic E-state index is 0.221. The molecule has 0 fully saturated rings. The highest BCUT2D eigenvalue weighted by molar-refractivity contribution is 9.10. The molecule has 2 rings (SSSR count). The molecule has 0 aliphatic carbocycles. The maximum atomic E-state index is 13.0. The first kappa shape index (κ1) is 16.0. The van der Waals surface area contributed by atoms with Gasteiger partial charge in [0.25, 0.3) is 0 Å². The van der Waals surface area contributed by atoms with Gasteiger partial charge in [-0.15, -0.1) is 0 Å². The van der Waals surface area contributed by atoms with E-state index in [0.717, 1.165) is 22.4 Å². The Balaban J connectivity index is 2.18. The van der Waals surface area contributed by atoms with Gasteiger partial charge in [-0.2, -0.15) is 0 Å². The number of halogens is 2. The summed E-state index contributed by atoms with van der Waals surface area (Å²) in [6, 6.07) is 13.3. The molecule has 0 aliphatic heterocycles. The van der Waals surface area contributed by atoms with Gasteiger partial charge in [-0.1, -0.05) is 19.9 Å². The van der Waals surface area contributed by atoms with Crippen LogP contribution in [0.15, 0.2) is 46.9 Å². The first-order chi connectivity index (χ1) is 9.97. The van der Waals surface area contributed by atoms with Gasteiger partial charge in [-0.05, 0) is 57.9 Å². The first-order valence-corrected chi connectivity index (χ1v) is 7.78. The van der Waals surface area contributed by atoms with Gasteiger partial charge in [0.1, 0.15) is 5.82 Å². The van der Waals surface area contributed by atoms with Crippen molar-refractivity contribution >= 4 is 27.3 Å². The molecule has 0 spiro atoms. The molecule has 2 nitrogen and oxygen atoms in total. The number of nitrogens with one attached hydrogen (secondary N) is 1. The molecule has 0 radical (unpaired) electrons.